The van der Waals surface area contributed by atoms with Gasteiger partial charge in [0, 0.05) is 6.54 Å². The predicted molar refractivity (Wildman–Crippen MR) is 78.0 cm³/mol. The lowest BCUT2D eigenvalue weighted by Crippen LogP contribution is -2.35. The third-order valence-corrected chi connectivity index (χ3v) is 4.10. The van der Waals surface area contributed by atoms with Crippen LogP contribution in [-0.2, 0) is 6.54 Å². The molecule has 2 heteroatoms. The molecule has 18 heavy (non-hydrogen) atoms. The highest BCUT2D eigenvalue weighted by atomic mass is 14.9. The van der Waals surface area contributed by atoms with E-state index in [0.717, 1.165) is 19.0 Å². The van der Waals surface area contributed by atoms with Gasteiger partial charge in [0.2, 0.25) is 0 Å². The summed E-state index contributed by atoms with van der Waals surface area (Å²) in [5.74, 6) is 0.811. The Hall–Kier alpha value is -0.860. The Morgan fingerprint density at radius 1 is 1.17 bits per heavy atom. The monoisotopic (exact) mass is 246 g/mol. The van der Waals surface area contributed by atoms with Gasteiger partial charge in [-0.1, -0.05) is 12.1 Å². The molecule has 1 aliphatic heterocycles. The van der Waals surface area contributed by atoms with Crippen LogP contribution >= 0.6 is 0 Å². The standard InChI is InChI=1S/C16H26N2/c1-12-7-14(3)16(8-13(12)2)11-18-10-15-5-4-6-17-9-15/h7-8,15,17-18H,4-6,9-11H2,1-3H3. The number of rotatable bonds is 4. The van der Waals surface area contributed by atoms with Crippen molar-refractivity contribution >= 4 is 0 Å². The quantitative estimate of drug-likeness (QED) is 0.853. The molecule has 0 amide bonds. The Labute approximate surface area is 111 Å². The fourth-order valence-electron chi connectivity index (χ4n) is 2.72. The van der Waals surface area contributed by atoms with Gasteiger partial charge in [0.15, 0.2) is 0 Å². The van der Waals surface area contributed by atoms with Crippen LogP contribution in [0, 0.1) is 26.7 Å². The van der Waals surface area contributed by atoms with Crippen LogP contribution in [0.1, 0.15) is 35.1 Å². The molecule has 2 N–H and O–H groups in total. The average Bonchev–Trinajstić information content (AvgIpc) is 2.37. The van der Waals surface area contributed by atoms with Crippen molar-refractivity contribution in [3.05, 3.63) is 34.4 Å². The number of nitrogens with one attached hydrogen (secondary N) is 2. The van der Waals surface area contributed by atoms with E-state index in [9.17, 15) is 0 Å². The summed E-state index contributed by atoms with van der Waals surface area (Å²) >= 11 is 0. The van der Waals surface area contributed by atoms with Crippen LogP contribution in [0.15, 0.2) is 12.1 Å². The first-order valence-corrected chi connectivity index (χ1v) is 7.15. The summed E-state index contributed by atoms with van der Waals surface area (Å²) in [7, 11) is 0. The lowest BCUT2D eigenvalue weighted by molar-refractivity contribution is 0.360. The van der Waals surface area contributed by atoms with Gasteiger partial charge < -0.3 is 10.6 Å². The van der Waals surface area contributed by atoms with Crippen LogP contribution in [0.3, 0.4) is 0 Å². The molecular formula is C16H26N2. The van der Waals surface area contributed by atoms with Crippen molar-refractivity contribution in [2.45, 2.75) is 40.2 Å². The molecule has 0 radical (unpaired) electrons. The molecule has 0 bridgehead atoms. The Kier molecular flexibility index (Phi) is 4.79. The zero-order valence-corrected chi connectivity index (χ0v) is 12.0. The molecule has 1 aliphatic rings. The van der Waals surface area contributed by atoms with Gasteiger partial charge in [-0.05, 0) is 81.4 Å². The minimum absolute atomic E-state index is 0.811. The average molecular weight is 246 g/mol. The van der Waals surface area contributed by atoms with E-state index in [1.807, 2.05) is 0 Å². The molecule has 1 fully saturated rings. The van der Waals surface area contributed by atoms with Crippen molar-refractivity contribution in [3.8, 4) is 0 Å². The van der Waals surface area contributed by atoms with Gasteiger partial charge in [-0.25, -0.2) is 0 Å². The molecule has 1 aromatic carbocycles. The Morgan fingerprint density at radius 3 is 2.67 bits per heavy atom. The van der Waals surface area contributed by atoms with Gasteiger partial charge in [0.1, 0.15) is 0 Å². The summed E-state index contributed by atoms with van der Waals surface area (Å²) in [5, 5.41) is 7.09. The van der Waals surface area contributed by atoms with Crippen LogP contribution in [0.4, 0.5) is 0 Å². The third kappa shape index (κ3) is 3.56. The molecule has 2 nitrogen and oxygen atoms in total. The maximum atomic E-state index is 3.62. The van der Waals surface area contributed by atoms with Crippen LogP contribution in [-0.4, -0.2) is 19.6 Å². The third-order valence-electron chi connectivity index (χ3n) is 4.10. The van der Waals surface area contributed by atoms with Crippen LogP contribution in [0.2, 0.25) is 0 Å². The van der Waals surface area contributed by atoms with E-state index in [-0.39, 0.29) is 0 Å². The summed E-state index contributed by atoms with van der Waals surface area (Å²) in [6.07, 6.45) is 2.70. The van der Waals surface area contributed by atoms with Crippen molar-refractivity contribution in [3.63, 3.8) is 0 Å². The first-order chi connectivity index (χ1) is 8.66. The molecule has 1 saturated heterocycles. The zero-order chi connectivity index (χ0) is 13.0. The number of aryl methyl sites for hydroxylation is 3. The second-order valence-electron chi connectivity index (χ2n) is 5.71. The predicted octanol–water partition coefficient (Wildman–Crippen LogP) is 2.70. The topological polar surface area (TPSA) is 24.1 Å². The fourth-order valence-corrected chi connectivity index (χ4v) is 2.72. The van der Waals surface area contributed by atoms with Gasteiger partial charge in [0.05, 0.1) is 0 Å². The van der Waals surface area contributed by atoms with Gasteiger partial charge in [0.25, 0.3) is 0 Å². The smallest absolute Gasteiger partial charge is 0.0208 e. The largest absolute Gasteiger partial charge is 0.316 e. The summed E-state index contributed by atoms with van der Waals surface area (Å²) in [5.41, 5.74) is 5.65. The van der Waals surface area contributed by atoms with E-state index in [2.05, 4.69) is 43.5 Å². The molecule has 1 aromatic rings. The molecule has 0 saturated carbocycles. The summed E-state index contributed by atoms with van der Waals surface area (Å²) < 4.78 is 0. The minimum atomic E-state index is 0.811. The number of hydrogen-bond donors (Lipinski definition) is 2. The molecule has 2 rings (SSSR count). The number of benzene rings is 1. The Morgan fingerprint density at radius 2 is 1.94 bits per heavy atom. The van der Waals surface area contributed by atoms with Crippen LogP contribution in [0.25, 0.3) is 0 Å². The first-order valence-electron chi connectivity index (χ1n) is 7.15. The Bertz CT molecular complexity index is 392. The summed E-state index contributed by atoms with van der Waals surface area (Å²) in [6, 6.07) is 4.63. The molecular weight excluding hydrogens is 220 g/mol. The number of hydrogen-bond acceptors (Lipinski definition) is 2. The van der Waals surface area contributed by atoms with E-state index in [4.69, 9.17) is 0 Å². The molecule has 100 valence electrons. The maximum absolute atomic E-state index is 3.62. The van der Waals surface area contributed by atoms with Gasteiger partial charge in [-0.2, -0.15) is 0 Å². The van der Waals surface area contributed by atoms with E-state index in [0.29, 0.717) is 0 Å². The van der Waals surface area contributed by atoms with Crippen molar-refractivity contribution < 1.29 is 0 Å². The second-order valence-corrected chi connectivity index (χ2v) is 5.71. The lowest BCUT2D eigenvalue weighted by atomic mass is 9.98. The highest BCUT2D eigenvalue weighted by molar-refractivity contribution is 5.36. The van der Waals surface area contributed by atoms with Crippen LogP contribution < -0.4 is 10.6 Å². The van der Waals surface area contributed by atoms with Crippen molar-refractivity contribution in [2.24, 2.45) is 5.92 Å². The Balaban J connectivity index is 1.84. The van der Waals surface area contributed by atoms with E-state index >= 15 is 0 Å². The van der Waals surface area contributed by atoms with Gasteiger partial charge in [-0.3, -0.25) is 0 Å². The number of piperidine rings is 1. The highest BCUT2D eigenvalue weighted by Gasteiger charge is 2.12. The second kappa shape index (κ2) is 6.35. The fraction of sp³-hybridized carbons (Fsp3) is 0.625. The lowest BCUT2D eigenvalue weighted by Gasteiger charge is -2.23. The van der Waals surface area contributed by atoms with E-state index in [1.54, 1.807) is 0 Å². The minimum Gasteiger partial charge on any atom is -0.316 e. The van der Waals surface area contributed by atoms with Gasteiger partial charge in [-0.15, -0.1) is 0 Å². The maximum Gasteiger partial charge on any atom is 0.0208 e. The molecule has 0 aliphatic carbocycles. The van der Waals surface area contributed by atoms with Crippen molar-refractivity contribution in [1.29, 1.82) is 0 Å². The zero-order valence-electron chi connectivity index (χ0n) is 12.0. The highest BCUT2D eigenvalue weighted by Crippen LogP contribution is 2.15. The van der Waals surface area contributed by atoms with E-state index < -0.39 is 0 Å². The molecule has 1 unspecified atom stereocenters. The van der Waals surface area contributed by atoms with E-state index in [1.165, 1.54) is 48.2 Å². The van der Waals surface area contributed by atoms with Gasteiger partial charge >= 0.3 is 0 Å². The molecule has 0 aromatic heterocycles. The molecule has 0 spiro atoms. The normalized spacial score (nSPS) is 20.1. The summed E-state index contributed by atoms with van der Waals surface area (Å²) in [6.45, 7) is 11.1. The first kappa shape index (κ1) is 13.6. The SMILES string of the molecule is Cc1cc(C)c(CNCC2CCCNC2)cc1C. The van der Waals surface area contributed by atoms with Crippen molar-refractivity contribution in [1.82, 2.24) is 10.6 Å². The van der Waals surface area contributed by atoms with Crippen molar-refractivity contribution in [2.75, 3.05) is 19.6 Å². The summed E-state index contributed by atoms with van der Waals surface area (Å²) in [4.78, 5) is 0. The van der Waals surface area contributed by atoms with Crippen LogP contribution in [0.5, 0.6) is 0 Å². The molecule has 1 atom stereocenters. The molecule has 1 heterocycles.